The van der Waals surface area contributed by atoms with Crippen LogP contribution in [0.25, 0.3) is 0 Å². The zero-order valence-electron chi connectivity index (χ0n) is 17.3. The maximum atomic E-state index is 14.6. The van der Waals surface area contributed by atoms with E-state index in [0.29, 0.717) is 11.8 Å². The van der Waals surface area contributed by atoms with Gasteiger partial charge >= 0.3 is 6.18 Å². The summed E-state index contributed by atoms with van der Waals surface area (Å²) in [4.78, 5) is 27.3. The summed E-state index contributed by atoms with van der Waals surface area (Å²) in [5.41, 5.74) is -2.96. The number of halogens is 4. The van der Waals surface area contributed by atoms with E-state index in [-0.39, 0.29) is 29.2 Å². The summed E-state index contributed by atoms with van der Waals surface area (Å²) in [5.74, 6) is -1.94. The predicted octanol–water partition coefficient (Wildman–Crippen LogP) is 3.94. The van der Waals surface area contributed by atoms with E-state index in [2.05, 4.69) is 5.32 Å². The average molecular weight is 466 g/mol. The summed E-state index contributed by atoms with van der Waals surface area (Å²) in [6.07, 6.45) is -3.44. The summed E-state index contributed by atoms with van der Waals surface area (Å²) >= 11 is 5.42. The molecule has 3 rings (SSSR count). The van der Waals surface area contributed by atoms with Gasteiger partial charge in [-0.2, -0.15) is 18.4 Å². The number of carbonyl (C=O) groups excluding carboxylic acids is 2. The molecule has 0 atom stereocenters. The summed E-state index contributed by atoms with van der Waals surface area (Å²) in [6.45, 7) is 3.04. The molecule has 0 spiro atoms. The minimum atomic E-state index is -4.81. The lowest BCUT2D eigenvalue weighted by atomic mass is 9.96. The number of carbonyl (C=O) groups is 2. The lowest BCUT2D eigenvalue weighted by molar-refractivity contribution is -0.137. The molecule has 32 heavy (non-hydrogen) atoms. The monoisotopic (exact) mass is 466 g/mol. The molecule has 0 aromatic heterocycles. The maximum Gasteiger partial charge on any atom is 0.417 e. The first-order valence-corrected chi connectivity index (χ1v) is 9.86. The second kappa shape index (κ2) is 8.02. The van der Waals surface area contributed by atoms with E-state index in [1.807, 2.05) is 0 Å². The molecule has 11 heteroatoms. The van der Waals surface area contributed by atoms with Gasteiger partial charge < -0.3 is 10.2 Å². The molecular weight excluding hydrogens is 448 g/mol. The Balaban J connectivity index is 2.07. The number of alkyl halides is 3. The smallest absolute Gasteiger partial charge is 0.355 e. The molecule has 1 fully saturated rings. The van der Waals surface area contributed by atoms with Gasteiger partial charge in [0.05, 0.1) is 28.5 Å². The molecule has 1 saturated heterocycles. The van der Waals surface area contributed by atoms with Crippen molar-refractivity contribution >= 4 is 34.8 Å². The van der Waals surface area contributed by atoms with Gasteiger partial charge in [0.2, 0.25) is 5.91 Å². The summed E-state index contributed by atoms with van der Waals surface area (Å²) in [7, 11) is 1.38. The Morgan fingerprint density at radius 3 is 2.47 bits per heavy atom. The van der Waals surface area contributed by atoms with Crippen molar-refractivity contribution in [3.8, 4) is 6.07 Å². The molecule has 1 N–H and O–H groups in total. The fraction of sp³-hybridized carbons (Fsp3) is 0.333. The second-order valence-corrected chi connectivity index (χ2v) is 8.06. The molecule has 1 aliphatic heterocycles. The van der Waals surface area contributed by atoms with Crippen LogP contribution in [0.2, 0.25) is 0 Å². The van der Waals surface area contributed by atoms with Gasteiger partial charge in [0.1, 0.15) is 11.4 Å². The van der Waals surface area contributed by atoms with E-state index in [9.17, 15) is 27.2 Å². The molecule has 1 aromatic rings. The SMILES string of the molecule is CNC(=O)C1=C(F)C=C(N2C(=S)N(c3ccc(C#N)c(C(F)(F)F)c3)C(=O)C2(C)C)CC1. The number of nitriles is 1. The van der Waals surface area contributed by atoms with E-state index in [0.717, 1.165) is 17.0 Å². The van der Waals surface area contributed by atoms with Crippen LogP contribution in [0.4, 0.5) is 23.2 Å². The summed E-state index contributed by atoms with van der Waals surface area (Å²) < 4.78 is 54.8. The Labute approximate surface area is 186 Å². The lowest BCUT2D eigenvalue weighted by Gasteiger charge is -2.33. The van der Waals surface area contributed by atoms with Crippen molar-refractivity contribution in [3.05, 3.63) is 52.5 Å². The van der Waals surface area contributed by atoms with Crippen molar-refractivity contribution in [1.82, 2.24) is 10.2 Å². The first-order valence-electron chi connectivity index (χ1n) is 9.46. The van der Waals surface area contributed by atoms with Gasteiger partial charge in [-0.05, 0) is 63.2 Å². The van der Waals surface area contributed by atoms with Gasteiger partial charge in [-0.3, -0.25) is 14.5 Å². The minimum absolute atomic E-state index is 0.0377. The normalized spacial score (nSPS) is 18.6. The van der Waals surface area contributed by atoms with Crippen LogP contribution in [0.5, 0.6) is 0 Å². The fourth-order valence-electron chi connectivity index (χ4n) is 3.74. The standard InChI is InChI=1S/C21H18F4N4O2S/c1-20(2)18(31)28(12-5-4-11(10-26)15(8-12)21(23,24)25)19(32)29(20)13-6-7-14(16(22)9-13)17(30)27-3/h4-5,8-9H,6-7H2,1-3H3,(H,27,30). The summed E-state index contributed by atoms with van der Waals surface area (Å²) in [5, 5.41) is 11.2. The average Bonchev–Trinajstić information content (AvgIpc) is 2.90. The highest BCUT2D eigenvalue weighted by atomic mass is 32.1. The number of hydrogen-bond acceptors (Lipinski definition) is 4. The van der Waals surface area contributed by atoms with Crippen LogP contribution in [0.3, 0.4) is 0 Å². The van der Waals surface area contributed by atoms with Crippen LogP contribution in [0.1, 0.15) is 37.8 Å². The zero-order chi connectivity index (χ0) is 24.0. The minimum Gasteiger partial charge on any atom is -0.355 e. The van der Waals surface area contributed by atoms with Crippen LogP contribution in [-0.2, 0) is 15.8 Å². The number of thiocarbonyl (C=S) groups is 1. The van der Waals surface area contributed by atoms with Crippen molar-refractivity contribution in [1.29, 1.82) is 5.26 Å². The Morgan fingerprint density at radius 1 is 1.28 bits per heavy atom. The van der Waals surface area contributed by atoms with Crippen LogP contribution in [0, 0.1) is 11.3 Å². The van der Waals surface area contributed by atoms with E-state index in [1.54, 1.807) is 0 Å². The van der Waals surface area contributed by atoms with Gasteiger partial charge in [0.15, 0.2) is 5.11 Å². The second-order valence-electron chi connectivity index (χ2n) is 7.70. The molecule has 2 aliphatic rings. The number of anilines is 1. The van der Waals surface area contributed by atoms with Gasteiger partial charge in [0.25, 0.3) is 5.91 Å². The predicted molar refractivity (Wildman–Crippen MR) is 112 cm³/mol. The molecule has 0 unspecified atom stereocenters. The van der Waals surface area contributed by atoms with Gasteiger partial charge in [-0.15, -0.1) is 0 Å². The topological polar surface area (TPSA) is 76.4 Å². The highest BCUT2D eigenvalue weighted by Gasteiger charge is 2.51. The third kappa shape index (κ3) is 3.75. The number of amides is 2. The maximum absolute atomic E-state index is 14.6. The molecule has 6 nitrogen and oxygen atoms in total. The Bertz CT molecular complexity index is 1130. The quantitative estimate of drug-likeness (QED) is 0.540. The van der Waals surface area contributed by atoms with Crippen molar-refractivity contribution in [2.45, 2.75) is 38.4 Å². The number of rotatable bonds is 3. The highest BCUT2D eigenvalue weighted by molar-refractivity contribution is 7.80. The van der Waals surface area contributed by atoms with Crippen LogP contribution >= 0.6 is 12.2 Å². The van der Waals surface area contributed by atoms with E-state index >= 15 is 0 Å². The largest absolute Gasteiger partial charge is 0.417 e. The molecule has 1 heterocycles. The molecular formula is C21H18F4N4O2S. The molecule has 2 amide bonds. The number of nitrogens with one attached hydrogen (secondary N) is 1. The molecule has 0 saturated carbocycles. The molecule has 0 bridgehead atoms. The van der Waals surface area contributed by atoms with Crippen LogP contribution < -0.4 is 10.2 Å². The first kappa shape index (κ1) is 23.4. The zero-order valence-corrected chi connectivity index (χ0v) is 18.1. The van der Waals surface area contributed by atoms with Crippen molar-refractivity contribution in [3.63, 3.8) is 0 Å². The van der Waals surface area contributed by atoms with Crippen LogP contribution in [-0.4, -0.2) is 34.4 Å². The van der Waals surface area contributed by atoms with Gasteiger partial charge in [0, 0.05) is 12.7 Å². The van der Waals surface area contributed by atoms with Gasteiger partial charge in [-0.25, -0.2) is 4.39 Å². The van der Waals surface area contributed by atoms with Gasteiger partial charge in [-0.1, -0.05) is 0 Å². The highest BCUT2D eigenvalue weighted by Crippen LogP contribution is 2.41. The number of likely N-dealkylation sites (N-methyl/N-ethyl adjacent to an activating group) is 1. The third-order valence-electron chi connectivity index (χ3n) is 5.36. The Hall–Kier alpha value is -3.26. The van der Waals surface area contributed by atoms with E-state index < -0.39 is 40.5 Å². The van der Waals surface area contributed by atoms with E-state index in [1.165, 1.54) is 37.9 Å². The van der Waals surface area contributed by atoms with Crippen molar-refractivity contribution < 1.29 is 27.2 Å². The third-order valence-corrected chi connectivity index (χ3v) is 5.72. The van der Waals surface area contributed by atoms with Crippen molar-refractivity contribution in [2.24, 2.45) is 0 Å². The number of nitrogens with zero attached hydrogens (tertiary/aromatic N) is 3. The van der Waals surface area contributed by atoms with Crippen molar-refractivity contribution in [2.75, 3.05) is 11.9 Å². The Morgan fingerprint density at radius 2 is 1.94 bits per heavy atom. The molecule has 0 radical (unpaired) electrons. The Kier molecular flexibility index (Phi) is 5.86. The lowest BCUT2D eigenvalue weighted by Crippen LogP contribution is -2.44. The molecule has 168 valence electrons. The fourth-order valence-corrected chi connectivity index (χ4v) is 4.27. The molecule has 1 aliphatic carbocycles. The van der Waals surface area contributed by atoms with E-state index in [4.69, 9.17) is 17.5 Å². The van der Waals surface area contributed by atoms with Crippen LogP contribution in [0.15, 0.2) is 41.4 Å². The number of allylic oxidation sites excluding steroid dienone is 3. The number of benzene rings is 1. The first-order chi connectivity index (χ1) is 14.8. The number of hydrogen-bond donors (Lipinski definition) is 1. The molecule has 1 aromatic carbocycles. The summed E-state index contributed by atoms with van der Waals surface area (Å²) in [6, 6.07) is 4.36.